The first-order valence-corrected chi connectivity index (χ1v) is 6.75. The summed E-state index contributed by atoms with van der Waals surface area (Å²) in [6.07, 6.45) is 0. The van der Waals surface area contributed by atoms with E-state index < -0.39 is 6.04 Å². The molecule has 0 aliphatic rings. The fourth-order valence-corrected chi connectivity index (χ4v) is 1.88. The number of carbonyl (C=O) groups is 2. The number of nitrogens with one attached hydrogen (secondary N) is 1. The van der Waals surface area contributed by atoms with E-state index >= 15 is 0 Å². The van der Waals surface area contributed by atoms with Gasteiger partial charge in [-0.2, -0.15) is 0 Å². The summed E-state index contributed by atoms with van der Waals surface area (Å²) in [4.78, 5) is 25.0. The number of amides is 2. The van der Waals surface area contributed by atoms with Gasteiger partial charge >= 0.3 is 0 Å². The summed E-state index contributed by atoms with van der Waals surface area (Å²) >= 11 is 8.03. The van der Waals surface area contributed by atoms with Crippen LogP contribution in [0, 0.1) is 3.57 Å². The Balaban J connectivity index is 2.76. The highest BCUT2D eigenvalue weighted by molar-refractivity contribution is 14.1. The highest BCUT2D eigenvalue weighted by Gasteiger charge is 2.18. The fourth-order valence-electron chi connectivity index (χ4n) is 1.37. The minimum absolute atomic E-state index is 0.153. The van der Waals surface area contributed by atoms with Crippen LogP contribution < -0.4 is 5.32 Å². The topological polar surface area (TPSA) is 49.4 Å². The molecule has 18 heavy (non-hydrogen) atoms. The lowest BCUT2D eigenvalue weighted by Gasteiger charge is -2.18. The van der Waals surface area contributed by atoms with Gasteiger partial charge in [-0.25, -0.2) is 0 Å². The molecule has 98 valence electrons. The van der Waals surface area contributed by atoms with Crippen molar-refractivity contribution in [1.29, 1.82) is 0 Å². The molecule has 4 nitrogen and oxygen atoms in total. The largest absolute Gasteiger partial charge is 0.347 e. The molecule has 1 atom stereocenters. The molecular formula is C12H14ClIN2O2. The Bertz CT molecular complexity index is 477. The highest BCUT2D eigenvalue weighted by atomic mass is 127. The van der Waals surface area contributed by atoms with Gasteiger partial charge in [0.2, 0.25) is 5.91 Å². The zero-order chi connectivity index (χ0) is 13.9. The molecule has 0 aliphatic heterocycles. The van der Waals surface area contributed by atoms with Crippen LogP contribution >= 0.6 is 34.2 Å². The van der Waals surface area contributed by atoms with Gasteiger partial charge in [0.15, 0.2) is 0 Å². The van der Waals surface area contributed by atoms with E-state index in [-0.39, 0.29) is 11.8 Å². The molecule has 0 heterocycles. The molecule has 6 heteroatoms. The molecule has 1 aromatic rings. The second-order valence-electron chi connectivity index (χ2n) is 4.06. The van der Waals surface area contributed by atoms with E-state index in [0.29, 0.717) is 10.6 Å². The van der Waals surface area contributed by atoms with Crippen molar-refractivity contribution >= 4 is 46.0 Å². The third kappa shape index (κ3) is 3.84. The summed E-state index contributed by atoms with van der Waals surface area (Å²) < 4.78 is 0.878. The summed E-state index contributed by atoms with van der Waals surface area (Å²) in [7, 11) is 3.29. The van der Waals surface area contributed by atoms with E-state index in [1.807, 2.05) is 0 Å². The zero-order valence-corrected chi connectivity index (χ0v) is 13.2. The van der Waals surface area contributed by atoms with Crippen LogP contribution in [-0.4, -0.2) is 36.9 Å². The Hall–Kier alpha value is -0.820. The Labute approximate surface area is 125 Å². The van der Waals surface area contributed by atoms with Crippen LogP contribution in [0.25, 0.3) is 0 Å². The molecule has 0 aromatic heterocycles. The molecular weight excluding hydrogens is 367 g/mol. The van der Waals surface area contributed by atoms with Crippen molar-refractivity contribution in [3.63, 3.8) is 0 Å². The Kier molecular flexibility index (Phi) is 5.40. The molecule has 0 aliphatic carbocycles. The van der Waals surface area contributed by atoms with Gasteiger partial charge in [0, 0.05) is 23.2 Å². The van der Waals surface area contributed by atoms with E-state index in [1.165, 1.54) is 4.90 Å². The lowest BCUT2D eigenvalue weighted by Crippen LogP contribution is -2.44. The quantitative estimate of drug-likeness (QED) is 0.817. The number of carbonyl (C=O) groups excluding carboxylic acids is 2. The van der Waals surface area contributed by atoms with E-state index in [0.717, 1.165) is 3.57 Å². The van der Waals surface area contributed by atoms with Gasteiger partial charge in [-0.1, -0.05) is 11.6 Å². The number of halogens is 2. The summed E-state index contributed by atoms with van der Waals surface area (Å²) in [6, 6.07) is 4.46. The van der Waals surface area contributed by atoms with Gasteiger partial charge in [-0.15, -0.1) is 0 Å². The van der Waals surface area contributed by atoms with Crippen LogP contribution in [0.3, 0.4) is 0 Å². The predicted octanol–water partition coefficient (Wildman–Crippen LogP) is 2.15. The zero-order valence-electron chi connectivity index (χ0n) is 10.3. The third-order valence-electron chi connectivity index (χ3n) is 2.34. The summed E-state index contributed by atoms with van der Waals surface area (Å²) in [5.74, 6) is -0.462. The lowest BCUT2D eigenvalue weighted by molar-refractivity contribution is -0.130. The maximum Gasteiger partial charge on any atom is 0.251 e. The maximum atomic E-state index is 11.9. The molecule has 1 rings (SSSR count). The molecule has 0 bridgehead atoms. The fraction of sp³-hybridized carbons (Fsp3) is 0.333. The average Bonchev–Trinajstić information content (AvgIpc) is 2.31. The average molecular weight is 381 g/mol. The first-order chi connectivity index (χ1) is 8.32. The van der Waals surface area contributed by atoms with Gasteiger partial charge < -0.3 is 10.2 Å². The molecule has 2 amide bonds. The van der Waals surface area contributed by atoms with Crippen molar-refractivity contribution in [2.75, 3.05) is 14.1 Å². The van der Waals surface area contributed by atoms with Crippen molar-refractivity contribution in [3.8, 4) is 0 Å². The van der Waals surface area contributed by atoms with Crippen LogP contribution in [-0.2, 0) is 4.79 Å². The van der Waals surface area contributed by atoms with Crippen LogP contribution in [0.2, 0.25) is 5.02 Å². The minimum atomic E-state index is -0.564. The predicted molar refractivity (Wildman–Crippen MR) is 79.8 cm³/mol. The van der Waals surface area contributed by atoms with Crippen molar-refractivity contribution in [2.24, 2.45) is 0 Å². The van der Waals surface area contributed by atoms with Crippen molar-refractivity contribution < 1.29 is 9.59 Å². The normalized spacial score (nSPS) is 11.8. The van der Waals surface area contributed by atoms with Crippen molar-refractivity contribution in [3.05, 3.63) is 32.4 Å². The van der Waals surface area contributed by atoms with Gasteiger partial charge in [0.05, 0.1) is 5.02 Å². The summed E-state index contributed by atoms with van der Waals surface area (Å²) in [5, 5.41) is 3.16. The minimum Gasteiger partial charge on any atom is -0.347 e. The van der Waals surface area contributed by atoms with Gasteiger partial charge in [0.25, 0.3) is 5.91 Å². The van der Waals surface area contributed by atoms with Crippen molar-refractivity contribution in [1.82, 2.24) is 10.2 Å². The Morgan fingerprint density at radius 2 is 2.00 bits per heavy atom. The summed E-state index contributed by atoms with van der Waals surface area (Å²) in [5.41, 5.74) is 0.443. The molecule has 1 aromatic carbocycles. The molecule has 0 spiro atoms. The van der Waals surface area contributed by atoms with Gasteiger partial charge in [0.1, 0.15) is 6.04 Å². The summed E-state index contributed by atoms with van der Waals surface area (Å²) in [6.45, 7) is 1.65. The molecule has 0 radical (unpaired) electrons. The number of rotatable bonds is 3. The standard InChI is InChI=1S/C12H14ClIN2O2/c1-7(12(18)16(2)3)15-11(17)8-4-5-10(14)9(13)6-8/h4-7H,1-3H3,(H,15,17). The van der Waals surface area contributed by atoms with Crippen LogP contribution in [0.1, 0.15) is 17.3 Å². The number of nitrogens with zero attached hydrogens (tertiary/aromatic N) is 1. The number of hydrogen-bond donors (Lipinski definition) is 1. The lowest BCUT2D eigenvalue weighted by atomic mass is 10.2. The number of hydrogen-bond acceptors (Lipinski definition) is 2. The number of benzene rings is 1. The van der Waals surface area contributed by atoms with Crippen molar-refractivity contribution in [2.45, 2.75) is 13.0 Å². The van der Waals surface area contributed by atoms with E-state index in [1.54, 1.807) is 39.2 Å². The van der Waals surface area contributed by atoms with E-state index in [9.17, 15) is 9.59 Å². The maximum absolute atomic E-state index is 11.9. The SMILES string of the molecule is CC(NC(=O)c1ccc(I)c(Cl)c1)C(=O)N(C)C. The molecule has 0 fully saturated rings. The highest BCUT2D eigenvalue weighted by Crippen LogP contribution is 2.19. The Morgan fingerprint density at radius 3 is 2.50 bits per heavy atom. The third-order valence-corrected chi connectivity index (χ3v) is 3.91. The molecule has 1 unspecified atom stereocenters. The first-order valence-electron chi connectivity index (χ1n) is 5.30. The molecule has 0 saturated heterocycles. The monoisotopic (exact) mass is 380 g/mol. The van der Waals surface area contributed by atoms with Gasteiger partial charge in [-0.3, -0.25) is 9.59 Å². The van der Waals surface area contributed by atoms with Crippen LogP contribution in [0.4, 0.5) is 0 Å². The van der Waals surface area contributed by atoms with Crippen LogP contribution in [0.15, 0.2) is 18.2 Å². The second-order valence-corrected chi connectivity index (χ2v) is 5.63. The van der Waals surface area contributed by atoms with Crippen LogP contribution in [0.5, 0.6) is 0 Å². The second kappa shape index (κ2) is 6.38. The van der Waals surface area contributed by atoms with E-state index in [4.69, 9.17) is 11.6 Å². The van der Waals surface area contributed by atoms with Gasteiger partial charge in [-0.05, 0) is 47.7 Å². The number of likely N-dealkylation sites (N-methyl/N-ethyl adjacent to an activating group) is 1. The first kappa shape index (κ1) is 15.2. The Morgan fingerprint density at radius 1 is 1.39 bits per heavy atom. The van der Waals surface area contributed by atoms with E-state index in [2.05, 4.69) is 27.9 Å². The molecule has 0 saturated carbocycles. The molecule has 1 N–H and O–H groups in total. The smallest absolute Gasteiger partial charge is 0.251 e.